The molecular weight excluding hydrogens is 112 g/mol. The Balaban J connectivity index is 4.32. The predicted molar refractivity (Wildman–Crippen MR) is 40.3 cm³/mol. The van der Waals surface area contributed by atoms with Gasteiger partial charge in [0.1, 0.15) is 0 Å². The molecule has 1 nitrogen and oxygen atoms in total. The zero-order chi connectivity index (χ0) is 7.71. The zero-order valence-electron chi connectivity index (χ0n) is 6.73. The van der Waals surface area contributed by atoms with Crippen LogP contribution in [0.5, 0.6) is 0 Å². The lowest BCUT2D eigenvalue weighted by Gasteiger charge is -2.33. The first-order valence-electron chi connectivity index (χ1n) is 3.17. The van der Waals surface area contributed by atoms with Crippen LogP contribution in [0.1, 0.15) is 27.7 Å². The van der Waals surface area contributed by atoms with Crippen LogP contribution in [-0.2, 0) is 0 Å². The van der Waals surface area contributed by atoms with Crippen molar-refractivity contribution in [1.82, 2.24) is 0 Å². The van der Waals surface area contributed by atoms with E-state index < -0.39 is 5.60 Å². The second-order valence-electron chi connectivity index (χ2n) is 3.60. The molecule has 1 unspecified atom stereocenters. The van der Waals surface area contributed by atoms with E-state index >= 15 is 0 Å². The highest BCUT2D eigenvalue weighted by Crippen LogP contribution is 2.30. The highest BCUT2D eigenvalue weighted by Gasteiger charge is 2.31. The molecular formula is C8H16O. The summed E-state index contributed by atoms with van der Waals surface area (Å²) in [6.07, 6.45) is 1.58. The molecule has 0 saturated carbocycles. The lowest BCUT2D eigenvalue weighted by molar-refractivity contribution is 0.00396. The first-order valence-corrected chi connectivity index (χ1v) is 3.17. The van der Waals surface area contributed by atoms with Gasteiger partial charge in [-0.15, -0.1) is 6.58 Å². The van der Waals surface area contributed by atoms with E-state index in [2.05, 4.69) is 6.58 Å². The topological polar surface area (TPSA) is 20.2 Å². The first-order chi connectivity index (χ1) is 3.81. The van der Waals surface area contributed by atoms with E-state index in [9.17, 15) is 5.11 Å². The second-order valence-corrected chi connectivity index (χ2v) is 3.60. The van der Waals surface area contributed by atoms with Crippen LogP contribution in [0.15, 0.2) is 12.7 Å². The standard InChI is InChI=1S/C8H16O/c1-6-8(5,9)7(2,3)4/h6,9H,1H2,2-5H3. The summed E-state index contributed by atoms with van der Waals surface area (Å²) in [6, 6.07) is 0. The summed E-state index contributed by atoms with van der Waals surface area (Å²) in [6.45, 7) is 11.3. The van der Waals surface area contributed by atoms with Gasteiger partial charge in [0.15, 0.2) is 0 Å². The van der Waals surface area contributed by atoms with E-state index in [1.807, 2.05) is 20.8 Å². The fourth-order valence-corrected chi connectivity index (χ4v) is 0.306. The van der Waals surface area contributed by atoms with Gasteiger partial charge in [-0.05, 0) is 12.3 Å². The Morgan fingerprint density at radius 2 is 1.56 bits per heavy atom. The molecule has 0 radical (unpaired) electrons. The summed E-state index contributed by atoms with van der Waals surface area (Å²) in [5.41, 5.74) is -0.873. The molecule has 0 aromatic heterocycles. The van der Waals surface area contributed by atoms with Crippen molar-refractivity contribution >= 4 is 0 Å². The third-order valence-corrected chi connectivity index (χ3v) is 1.92. The van der Waals surface area contributed by atoms with Gasteiger partial charge in [0.25, 0.3) is 0 Å². The Hall–Kier alpha value is -0.300. The van der Waals surface area contributed by atoms with Gasteiger partial charge in [-0.3, -0.25) is 0 Å². The van der Waals surface area contributed by atoms with E-state index in [-0.39, 0.29) is 5.41 Å². The molecule has 0 fully saturated rings. The number of rotatable bonds is 1. The SMILES string of the molecule is C=CC(C)(O)C(C)(C)C. The largest absolute Gasteiger partial charge is 0.386 e. The van der Waals surface area contributed by atoms with Gasteiger partial charge in [-0.2, -0.15) is 0 Å². The normalized spacial score (nSPS) is 18.8. The predicted octanol–water partition coefficient (Wildman–Crippen LogP) is 1.97. The average molecular weight is 128 g/mol. The molecule has 0 saturated heterocycles. The molecule has 0 aliphatic carbocycles. The van der Waals surface area contributed by atoms with E-state index in [0.717, 1.165) is 0 Å². The molecule has 0 spiro atoms. The Labute approximate surface area is 57.4 Å². The van der Waals surface area contributed by atoms with Gasteiger partial charge in [0, 0.05) is 0 Å². The molecule has 1 N–H and O–H groups in total. The lowest BCUT2D eigenvalue weighted by Crippen LogP contribution is -2.37. The van der Waals surface area contributed by atoms with Crippen molar-refractivity contribution in [3.8, 4) is 0 Å². The molecule has 1 atom stereocenters. The molecule has 54 valence electrons. The fraction of sp³-hybridized carbons (Fsp3) is 0.750. The van der Waals surface area contributed by atoms with Crippen LogP contribution in [0.2, 0.25) is 0 Å². The van der Waals surface area contributed by atoms with Crippen LogP contribution in [-0.4, -0.2) is 10.7 Å². The van der Waals surface area contributed by atoms with Crippen molar-refractivity contribution in [2.45, 2.75) is 33.3 Å². The summed E-state index contributed by atoms with van der Waals surface area (Å²) < 4.78 is 0. The fourth-order valence-electron chi connectivity index (χ4n) is 0.306. The van der Waals surface area contributed by atoms with Crippen LogP contribution in [0.3, 0.4) is 0 Å². The smallest absolute Gasteiger partial charge is 0.0845 e. The van der Waals surface area contributed by atoms with Crippen molar-refractivity contribution in [3.63, 3.8) is 0 Å². The number of aliphatic hydroxyl groups is 1. The quantitative estimate of drug-likeness (QED) is 0.535. The van der Waals surface area contributed by atoms with Crippen LogP contribution < -0.4 is 0 Å². The minimum Gasteiger partial charge on any atom is -0.386 e. The van der Waals surface area contributed by atoms with Crippen LogP contribution in [0.4, 0.5) is 0 Å². The van der Waals surface area contributed by atoms with Crippen molar-refractivity contribution in [1.29, 1.82) is 0 Å². The van der Waals surface area contributed by atoms with Gasteiger partial charge in [-0.1, -0.05) is 26.8 Å². The first kappa shape index (κ1) is 8.70. The Kier molecular flexibility index (Phi) is 2.07. The van der Waals surface area contributed by atoms with E-state index in [4.69, 9.17) is 0 Å². The van der Waals surface area contributed by atoms with Gasteiger partial charge < -0.3 is 5.11 Å². The molecule has 9 heavy (non-hydrogen) atoms. The Morgan fingerprint density at radius 1 is 1.22 bits per heavy atom. The Bertz CT molecular complexity index is 106. The molecule has 0 heterocycles. The average Bonchev–Trinajstić information content (AvgIpc) is 1.64. The molecule has 0 amide bonds. The molecule has 0 rings (SSSR count). The minimum absolute atomic E-state index is 0.116. The molecule has 0 aromatic rings. The number of hydrogen-bond acceptors (Lipinski definition) is 1. The van der Waals surface area contributed by atoms with Gasteiger partial charge >= 0.3 is 0 Å². The summed E-state index contributed by atoms with van der Waals surface area (Å²) in [5.74, 6) is 0. The lowest BCUT2D eigenvalue weighted by atomic mass is 9.78. The third-order valence-electron chi connectivity index (χ3n) is 1.92. The summed E-state index contributed by atoms with van der Waals surface area (Å²) in [7, 11) is 0. The van der Waals surface area contributed by atoms with Crippen molar-refractivity contribution in [2.24, 2.45) is 5.41 Å². The summed E-state index contributed by atoms with van der Waals surface area (Å²) in [4.78, 5) is 0. The maximum atomic E-state index is 9.54. The maximum Gasteiger partial charge on any atom is 0.0845 e. The van der Waals surface area contributed by atoms with Crippen molar-refractivity contribution in [3.05, 3.63) is 12.7 Å². The molecule has 0 aliphatic rings. The van der Waals surface area contributed by atoms with Crippen LogP contribution in [0.25, 0.3) is 0 Å². The highest BCUT2D eigenvalue weighted by molar-refractivity contribution is 4.99. The number of hydrogen-bond donors (Lipinski definition) is 1. The van der Waals surface area contributed by atoms with Crippen LogP contribution >= 0.6 is 0 Å². The summed E-state index contributed by atoms with van der Waals surface area (Å²) in [5, 5.41) is 9.54. The molecule has 1 heteroatoms. The zero-order valence-corrected chi connectivity index (χ0v) is 6.73. The molecule has 0 aromatic carbocycles. The van der Waals surface area contributed by atoms with E-state index in [1.54, 1.807) is 13.0 Å². The van der Waals surface area contributed by atoms with Gasteiger partial charge in [0.05, 0.1) is 5.60 Å². The van der Waals surface area contributed by atoms with Gasteiger partial charge in [0.2, 0.25) is 0 Å². The summed E-state index contributed by atoms with van der Waals surface area (Å²) >= 11 is 0. The second kappa shape index (κ2) is 2.14. The highest BCUT2D eigenvalue weighted by atomic mass is 16.3. The molecule has 0 bridgehead atoms. The molecule has 0 aliphatic heterocycles. The van der Waals surface area contributed by atoms with E-state index in [1.165, 1.54) is 0 Å². The third kappa shape index (κ3) is 1.83. The van der Waals surface area contributed by atoms with Crippen LogP contribution in [0, 0.1) is 5.41 Å². The van der Waals surface area contributed by atoms with Gasteiger partial charge in [-0.25, -0.2) is 0 Å². The monoisotopic (exact) mass is 128 g/mol. The minimum atomic E-state index is -0.757. The van der Waals surface area contributed by atoms with Crippen molar-refractivity contribution in [2.75, 3.05) is 0 Å². The van der Waals surface area contributed by atoms with E-state index in [0.29, 0.717) is 0 Å². The van der Waals surface area contributed by atoms with Crippen molar-refractivity contribution < 1.29 is 5.11 Å². The maximum absolute atomic E-state index is 9.54. The Morgan fingerprint density at radius 3 is 1.56 bits per heavy atom.